The number of piperidine rings is 1. The van der Waals surface area contributed by atoms with E-state index in [0.29, 0.717) is 70.2 Å². The van der Waals surface area contributed by atoms with E-state index in [4.69, 9.17) is 31.2 Å². The highest BCUT2D eigenvalue weighted by Crippen LogP contribution is 2.51. The molecule has 7 fully saturated rings. The van der Waals surface area contributed by atoms with Crippen molar-refractivity contribution in [2.45, 2.75) is 159 Å². The van der Waals surface area contributed by atoms with Gasteiger partial charge in [-0.3, -0.25) is 24.3 Å². The van der Waals surface area contributed by atoms with Gasteiger partial charge < -0.3 is 44.8 Å². The summed E-state index contributed by atoms with van der Waals surface area (Å²) in [6.07, 6.45) is 14.4. The number of fused-ring (bicyclic) bond motifs is 5. The number of nitrogens with zero attached hydrogens (tertiary/aromatic N) is 11. The van der Waals surface area contributed by atoms with E-state index in [9.17, 15) is 14.4 Å². The number of anilines is 1. The van der Waals surface area contributed by atoms with Crippen molar-refractivity contribution in [2.24, 2.45) is 5.41 Å². The zero-order valence-electron chi connectivity index (χ0n) is 48.8. The van der Waals surface area contributed by atoms with Crippen LogP contribution in [0.5, 0.6) is 0 Å². The number of carbonyl (C=O) groups is 3. The molecule has 6 saturated heterocycles. The van der Waals surface area contributed by atoms with Crippen molar-refractivity contribution < 1.29 is 23.9 Å². The monoisotopic (exact) mass is 1170 g/mol. The van der Waals surface area contributed by atoms with E-state index in [2.05, 4.69) is 83.8 Å². The van der Waals surface area contributed by atoms with Crippen LogP contribution in [0.25, 0.3) is 11.0 Å². The summed E-state index contributed by atoms with van der Waals surface area (Å²) >= 11 is 8.15. The number of hydrogen-bond donors (Lipinski definition) is 4. The minimum atomic E-state index is -1.24. The Morgan fingerprint density at radius 3 is 2.49 bits per heavy atom. The molecule has 3 amide bonds. The molecule has 2 unspecified atom stereocenters. The third kappa shape index (κ3) is 12.5. The van der Waals surface area contributed by atoms with Crippen molar-refractivity contribution in [3.63, 3.8) is 0 Å². The van der Waals surface area contributed by atoms with Gasteiger partial charge in [-0.1, -0.05) is 36.1 Å². The highest BCUT2D eigenvalue weighted by atomic mass is 35.5. The molecule has 0 spiro atoms. The number of likely N-dealkylation sites (tertiary alicyclic amines) is 1. The van der Waals surface area contributed by atoms with Crippen molar-refractivity contribution in [3.05, 3.63) is 80.7 Å². The maximum atomic E-state index is 14.8. The van der Waals surface area contributed by atoms with E-state index in [0.717, 1.165) is 142 Å². The first-order valence-corrected chi connectivity index (χ1v) is 31.7. The highest BCUT2D eigenvalue weighted by molar-refractivity contribution is 7.11. The van der Waals surface area contributed by atoms with Crippen LogP contribution in [0.1, 0.15) is 143 Å². The number of aromatic amines is 1. The van der Waals surface area contributed by atoms with Crippen molar-refractivity contribution >= 4 is 57.7 Å². The standard InChI is InChI=1S/C61H82ClN15O5S/c1-42-46(67-51(83-42)39-76-28-9-11-48(76)54-71-70-50-12-6-5-7-29-77(50)54)10-8-27-73-33-26-63-49(38-73)61-21-19-59(20-22-61,40-81-61)56(79)75-36-34-72(35-37-75)30-18-47(43-13-15-44(62)16-14-43)68-55(78)60(69-57(80)82-58(2,3)4)23-31-74(32-24-60)53-45-17-25-64-52(45)65-41-66-53/h13-17,25,41,47-49,63H,5-7,9,11-12,18-24,26-40H2,1-4H3,(H,68,78)(H,69,80)(H,64,65,66)/t47-,48?,49?,59?,61?/m0/s1. The first-order valence-electron chi connectivity index (χ1n) is 30.5. The Balaban J connectivity index is 0.623. The zero-order chi connectivity index (χ0) is 57.3. The predicted octanol–water partition coefficient (Wildman–Crippen LogP) is 6.94. The number of rotatable bonds is 14. The van der Waals surface area contributed by atoms with Gasteiger partial charge in [-0.15, -0.1) is 21.5 Å². The van der Waals surface area contributed by atoms with Crippen LogP contribution in [-0.4, -0.2) is 180 Å². The largest absolute Gasteiger partial charge is 0.444 e. The van der Waals surface area contributed by atoms with Gasteiger partial charge in [-0.05, 0) is 135 Å². The van der Waals surface area contributed by atoms with E-state index in [1.165, 1.54) is 30.5 Å². The molecule has 0 radical (unpaired) electrons. The molecule has 22 heteroatoms. The van der Waals surface area contributed by atoms with Crippen molar-refractivity contribution in [2.75, 3.05) is 90.0 Å². The SMILES string of the molecule is Cc1sc(CN2CCCC2c2nnc3n2CCCCC3)nc1C#CCN1CCNC(C23CCC(C(=O)N4CCN(CC[C@H](NC(=O)C5(NC(=O)OC(C)(C)C)CCN(c6ncnc7[nH]ccc67)CC5)c5ccc(Cl)cc5)CC4)(CC2)CO3)C1. The number of alkyl carbamates (subject to hydrolysis) is 1. The molecular formula is C61H82ClN15O5S. The van der Waals surface area contributed by atoms with Gasteiger partial charge in [0.1, 0.15) is 51.3 Å². The first kappa shape index (κ1) is 57.7. The van der Waals surface area contributed by atoms with Gasteiger partial charge in [0.25, 0.3) is 0 Å². The van der Waals surface area contributed by atoms with E-state index < -0.39 is 22.6 Å². The van der Waals surface area contributed by atoms with Crippen LogP contribution in [0.2, 0.25) is 5.02 Å². The predicted molar refractivity (Wildman–Crippen MR) is 319 cm³/mol. The minimum absolute atomic E-state index is 0.170. The van der Waals surface area contributed by atoms with E-state index in [-0.39, 0.29) is 35.5 Å². The van der Waals surface area contributed by atoms with Gasteiger partial charge >= 0.3 is 6.09 Å². The van der Waals surface area contributed by atoms with Gasteiger partial charge in [0, 0.05) is 101 Å². The van der Waals surface area contributed by atoms with Crippen LogP contribution in [-0.2, 0) is 38.6 Å². The lowest BCUT2D eigenvalue weighted by atomic mass is 9.63. The zero-order valence-corrected chi connectivity index (χ0v) is 50.4. The fourth-order valence-electron chi connectivity index (χ4n) is 14.1. The first-order chi connectivity index (χ1) is 40.1. The highest BCUT2D eigenvalue weighted by Gasteiger charge is 2.58. The van der Waals surface area contributed by atoms with Gasteiger partial charge in [0.15, 0.2) is 0 Å². The molecule has 11 heterocycles. The summed E-state index contributed by atoms with van der Waals surface area (Å²) in [6.45, 7) is 18.6. The molecule has 4 N–H and O–H groups in total. The maximum Gasteiger partial charge on any atom is 0.408 e. The molecule has 1 saturated carbocycles. The van der Waals surface area contributed by atoms with Crippen molar-refractivity contribution in [1.82, 2.24) is 70.3 Å². The van der Waals surface area contributed by atoms with Crippen LogP contribution in [0.3, 0.4) is 0 Å². The van der Waals surface area contributed by atoms with E-state index in [1.807, 2.05) is 57.3 Å². The summed E-state index contributed by atoms with van der Waals surface area (Å²) in [6, 6.07) is 9.63. The number of aromatic nitrogens is 7. The molecule has 1 aromatic carbocycles. The van der Waals surface area contributed by atoms with Crippen LogP contribution >= 0.6 is 22.9 Å². The average Bonchev–Trinajstić information content (AvgIpc) is 3.89. The minimum Gasteiger partial charge on any atom is -0.444 e. The normalized spacial score (nSPS) is 25.6. The number of carbonyl (C=O) groups excluding carboxylic acids is 3. The Hall–Kier alpha value is -5.73. The van der Waals surface area contributed by atoms with Gasteiger partial charge in [0.05, 0.1) is 48.2 Å². The molecule has 7 aliphatic heterocycles. The maximum absolute atomic E-state index is 14.8. The Labute approximate surface area is 496 Å². The number of aryl methyl sites for hydroxylation is 2. The number of hydrogen-bond acceptors (Lipinski definition) is 16. The number of halogens is 1. The Morgan fingerprint density at radius 1 is 0.916 bits per heavy atom. The Morgan fingerprint density at radius 2 is 1.72 bits per heavy atom. The summed E-state index contributed by atoms with van der Waals surface area (Å²) < 4.78 is 15.0. The second-order valence-corrected chi connectivity index (χ2v) is 27.1. The quantitative estimate of drug-likeness (QED) is 0.0831. The number of H-pyrrole nitrogens is 1. The van der Waals surface area contributed by atoms with Gasteiger partial charge in [-0.25, -0.2) is 19.7 Å². The van der Waals surface area contributed by atoms with Crippen molar-refractivity contribution in [1.29, 1.82) is 0 Å². The topological polar surface area (TPSA) is 207 Å². The fraction of sp³-hybridized carbons (Fsp3) is 0.639. The fourth-order valence-corrected chi connectivity index (χ4v) is 15.2. The average molecular weight is 1170 g/mol. The Kier molecular flexibility index (Phi) is 16.9. The lowest BCUT2D eigenvalue weighted by molar-refractivity contribution is -0.209. The molecule has 5 aromatic rings. The molecule has 4 aromatic heterocycles. The molecule has 13 rings (SSSR count). The number of thiazole rings is 1. The smallest absolute Gasteiger partial charge is 0.408 e. The molecule has 444 valence electrons. The molecular weight excluding hydrogens is 1090 g/mol. The van der Waals surface area contributed by atoms with Crippen molar-refractivity contribution in [3.8, 4) is 11.8 Å². The number of nitrogens with one attached hydrogen (secondary N) is 4. The third-order valence-corrected chi connectivity index (χ3v) is 20.1. The molecule has 3 atom stereocenters. The molecule has 1 aliphatic carbocycles. The molecule has 83 heavy (non-hydrogen) atoms. The number of amides is 3. The lowest BCUT2D eigenvalue weighted by Crippen LogP contribution is -2.68. The van der Waals surface area contributed by atoms with E-state index in [1.54, 1.807) is 11.3 Å². The summed E-state index contributed by atoms with van der Waals surface area (Å²) in [4.78, 5) is 72.9. The van der Waals surface area contributed by atoms with E-state index >= 15 is 0 Å². The van der Waals surface area contributed by atoms with Crippen LogP contribution in [0.4, 0.5) is 10.6 Å². The molecule has 2 bridgehead atoms. The summed E-state index contributed by atoms with van der Waals surface area (Å²) in [5.41, 5.74) is -0.231. The third-order valence-electron chi connectivity index (χ3n) is 18.9. The summed E-state index contributed by atoms with van der Waals surface area (Å²) in [5.74, 6) is 9.99. The Bertz CT molecular complexity index is 3160. The lowest BCUT2D eigenvalue weighted by Gasteiger charge is -2.57. The molecule has 20 nitrogen and oxygen atoms in total. The summed E-state index contributed by atoms with van der Waals surface area (Å²) in [5, 5.41) is 22.2. The number of benzene rings is 1. The molecule has 8 aliphatic rings. The van der Waals surface area contributed by atoms with Gasteiger partial charge in [0.2, 0.25) is 11.8 Å². The number of ether oxygens (including phenoxy) is 2. The van der Waals surface area contributed by atoms with Crippen LogP contribution < -0.4 is 20.9 Å². The number of piperazine rings is 2. The van der Waals surface area contributed by atoms with Gasteiger partial charge in [-0.2, -0.15) is 0 Å². The second kappa shape index (κ2) is 24.3. The second-order valence-electron chi connectivity index (χ2n) is 25.4. The summed E-state index contributed by atoms with van der Waals surface area (Å²) in [7, 11) is 0. The van der Waals surface area contributed by atoms with Crippen LogP contribution in [0, 0.1) is 24.2 Å². The van der Waals surface area contributed by atoms with Crippen LogP contribution in [0.15, 0.2) is 42.9 Å².